The molecular formula is C22H19ClF2NOP. The number of nitrogens with zero attached hydrogens (tertiary/aromatic N) is 1. The molecule has 2 aromatic rings. The van der Waals surface area contributed by atoms with Crippen LogP contribution in [0, 0.1) is 11.6 Å². The van der Waals surface area contributed by atoms with E-state index in [-0.39, 0.29) is 5.02 Å². The number of halogens is 3. The molecule has 0 radical (unpaired) electrons. The van der Waals surface area contributed by atoms with Crippen LogP contribution in [0.1, 0.15) is 16.7 Å². The molecule has 6 heteroatoms. The molecule has 28 heavy (non-hydrogen) atoms. The largest absolute Gasteiger partial charge is 0.496 e. The highest BCUT2D eigenvalue weighted by Crippen LogP contribution is 2.46. The van der Waals surface area contributed by atoms with Gasteiger partial charge in [0.25, 0.3) is 0 Å². The SMILES string of the molecule is COC1=CCN(C)c2ccc(C3=C(c4cc(Cl)c(F)cc4F)PCC=C3)cc21. The molecule has 2 heterocycles. The summed E-state index contributed by atoms with van der Waals surface area (Å²) in [6.45, 7) is 0.782. The number of hydrogen-bond donors (Lipinski definition) is 0. The third kappa shape index (κ3) is 3.36. The Morgan fingerprint density at radius 3 is 2.71 bits per heavy atom. The van der Waals surface area contributed by atoms with E-state index in [0.29, 0.717) is 14.1 Å². The molecular weight excluding hydrogens is 399 g/mol. The number of anilines is 1. The van der Waals surface area contributed by atoms with E-state index in [4.69, 9.17) is 16.3 Å². The second kappa shape index (κ2) is 7.69. The predicted molar refractivity (Wildman–Crippen MR) is 115 cm³/mol. The maximum atomic E-state index is 14.6. The van der Waals surface area contributed by atoms with E-state index in [1.807, 2.05) is 25.3 Å². The van der Waals surface area contributed by atoms with Gasteiger partial charge < -0.3 is 9.64 Å². The minimum atomic E-state index is -0.744. The highest BCUT2D eigenvalue weighted by molar-refractivity contribution is 7.51. The normalized spacial score (nSPS) is 17.0. The summed E-state index contributed by atoms with van der Waals surface area (Å²) in [5, 5.41) is 0.785. The van der Waals surface area contributed by atoms with Crippen molar-refractivity contribution in [3.63, 3.8) is 0 Å². The van der Waals surface area contributed by atoms with Gasteiger partial charge >= 0.3 is 0 Å². The Kier molecular flexibility index (Phi) is 5.27. The number of benzene rings is 2. The van der Waals surface area contributed by atoms with E-state index in [1.165, 1.54) is 6.07 Å². The number of fused-ring (bicyclic) bond motifs is 1. The van der Waals surface area contributed by atoms with Gasteiger partial charge in [0.15, 0.2) is 0 Å². The molecule has 0 spiro atoms. The lowest BCUT2D eigenvalue weighted by Crippen LogP contribution is -2.22. The van der Waals surface area contributed by atoms with Gasteiger partial charge in [-0.2, -0.15) is 0 Å². The van der Waals surface area contributed by atoms with Gasteiger partial charge in [-0.15, -0.1) is 0 Å². The Labute approximate surface area is 169 Å². The molecule has 1 atom stereocenters. The molecule has 0 saturated heterocycles. The minimum Gasteiger partial charge on any atom is -0.496 e. The monoisotopic (exact) mass is 417 g/mol. The molecule has 4 rings (SSSR count). The second-order valence-corrected chi connectivity index (χ2v) is 8.37. The van der Waals surface area contributed by atoms with Crippen molar-refractivity contribution in [2.45, 2.75) is 0 Å². The van der Waals surface area contributed by atoms with Gasteiger partial charge in [0, 0.05) is 36.5 Å². The maximum Gasteiger partial charge on any atom is 0.144 e. The highest BCUT2D eigenvalue weighted by atomic mass is 35.5. The fourth-order valence-corrected chi connectivity index (χ4v) is 4.97. The number of rotatable bonds is 3. The molecule has 0 aromatic heterocycles. The van der Waals surface area contributed by atoms with E-state index in [1.54, 1.807) is 7.11 Å². The summed E-state index contributed by atoms with van der Waals surface area (Å²) >= 11 is 5.94. The number of ether oxygens (including phenoxy) is 1. The van der Waals surface area contributed by atoms with Gasteiger partial charge in [-0.05, 0) is 46.9 Å². The zero-order valence-electron chi connectivity index (χ0n) is 15.5. The second-order valence-electron chi connectivity index (χ2n) is 6.70. The Bertz CT molecular complexity index is 1050. The van der Waals surface area contributed by atoms with Gasteiger partial charge in [0.1, 0.15) is 17.4 Å². The van der Waals surface area contributed by atoms with Crippen LogP contribution in [0.2, 0.25) is 5.02 Å². The van der Waals surface area contributed by atoms with Crippen LogP contribution in [-0.4, -0.2) is 26.9 Å². The Morgan fingerprint density at radius 2 is 1.93 bits per heavy atom. The van der Waals surface area contributed by atoms with Gasteiger partial charge in [0.2, 0.25) is 0 Å². The van der Waals surface area contributed by atoms with Gasteiger partial charge in [-0.1, -0.05) is 38.4 Å². The molecule has 2 aliphatic heterocycles. The first-order valence-electron chi connectivity index (χ1n) is 8.89. The average Bonchev–Trinajstić information content (AvgIpc) is 2.71. The minimum absolute atomic E-state index is 0.0701. The van der Waals surface area contributed by atoms with Gasteiger partial charge in [-0.25, -0.2) is 8.78 Å². The quantitative estimate of drug-likeness (QED) is 0.437. The molecule has 2 nitrogen and oxygen atoms in total. The number of likely N-dealkylation sites (N-methyl/N-ethyl adjacent to an activating group) is 1. The van der Waals surface area contributed by atoms with Crippen LogP contribution >= 0.6 is 20.2 Å². The van der Waals surface area contributed by atoms with E-state index in [0.717, 1.165) is 52.2 Å². The zero-order chi connectivity index (χ0) is 19.8. The van der Waals surface area contributed by atoms with Crippen molar-refractivity contribution in [3.05, 3.63) is 81.9 Å². The number of methoxy groups -OCH3 is 1. The molecule has 2 aliphatic rings. The van der Waals surface area contributed by atoms with Crippen LogP contribution < -0.4 is 4.90 Å². The smallest absolute Gasteiger partial charge is 0.144 e. The number of hydrogen-bond acceptors (Lipinski definition) is 2. The molecule has 0 aliphatic carbocycles. The fourth-order valence-electron chi connectivity index (χ4n) is 3.57. The molecule has 0 N–H and O–H groups in total. The van der Waals surface area contributed by atoms with Crippen LogP contribution in [0.15, 0.2) is 48.6 Å². The predicted octanol–water partition coefficient (Wildman–Crippen LogP) is 6.17. The lowest BCUT2D eigenvalue weighted by Gasteiger charge is -2.27. The summed E-state index contributed by atoms with van der Waals surface area (Å²) in [4.78, 5) is 2.15. The first-order valence-corrected chi connectivity index (χ1v) is 10.5. The molecule has 0 fully saturated rings. The molecule has 144 valence electrons. The van der Waals surface area contributed by atoms with E-state index in [2.05, 4.69) is 23.1 Å². The zero-order valence-corrected chi connectivity index (χ0v) is 17.3. The van der Waals surface area contributed by atoms with Crippen LogP contribution in [0.5, 0.6) is 0 Å². The molecule has 0 amide bonds. The van der Waals surface area contributed by atoms with Crippen molar-refractivity contribution in [2.75, 3.05) is 31.8 Å². The Morgan fingerprint density at radius 1 is 1.11 bits per heavy atom. The van der Waals surface area contributed by atoms with Crippen LogP contribution in [-0.2, 0) is 4.74 Å². The van der Waals surface area contributed by atoms with Crippen molar-refractivity contribution in [2.24, 2.45) is 0 Å². The third-order valence-electron chi connectivity index (χ3n) is 4.98. The van der Waals surface area contributed by atoms with Crippen molar-refractivity contribution in [1.29, 1.82) is 0 Å². The summed E-state index contributed by atoms with van der Waals surface area (Å²) < 4.78 is 33.7. The summed E-state index contributed by atoms with van der Waals surface area (Å²) in [6.07, 6.45) is 6.95. The van der Waals surface area contributed by atoms with E-state index < -0.39 is 11.6 Å². The van der Waals surface area contributed by atoms with Gasteiger partial charge in [-0.3, -0.25) is 0 Å². The lowest BCUT2D eigenvalue weighted by molar-refractivity contribution is 0.368. The van der Waals surface area contributed by atoms with Crippen molar-refractivity contribution < 1.29 is 13.5 Å². The Balaban J connectivity index is 1.89. The van der Waals surface area contributed by atoms with Crippen molar-refractivity contribution in [1.82, 2.24) is 0 Å². The Hall–Kier alpha value is -2.16. The fraction of sp³-hybridized carbons (Fsp3) is 0.182. The summed E-state index contributed by atoms with van der Waals surface area (Å²) in [5.41, 5.74) is 4.35. The molecule has 0 bridgehead atoms. The third-order valence-corrected chi connectivity index (χ3v) is 6.61. The lowest BCUT2D eigenvalue weighted by atomic mass is 9.96. The van der Waals surface area contributed by atoms with Crippen LogP contribution in [0.3, 0.4) is 0 Å². The first kappa shape index (κ1) is 19.2. The summed E-state index contributed by atoms with van der Waals surface area (Å²) in [6, 6.07) is 8.41. The van der Waals surface area contributed by atoms with E-state index >= 15 is 0 Å². The van der Waals surface area contributed by atoms with Crippen molar-refractivity contribution in [3.8, 4) is 0 Å². The van der Waals surface area contributed by atoms with Crippen LogP contribution in [0.4, 0.5) is 14.5 Å². The molecule has 2 aromatic carbocycles. The topological polar surface area (TPSA) is 12.5 Å². The molecule has 1 unspecified atom stereocenters. The summed E-state index contributed by atoms with van der Waals surface area (Å²) in [5.74, 6) is -0.505. The number of allylic oxidation sites excluding steroid dienone is 3. The standard InChI is InChI=1S/C22H19ClF2NOP/c1-26-8-7-21(27-2)16-10-13(5-6-20(16)26)14-4-3-9-28-22(14)15-11-17(23)19(25)12-18(15)24/h3-7,10-12,28H,8-9H2,1-2H3. The molecule has 0 saturated carbocycles. The van der Waals surface area contributed by atoms with Gasteiger partial charge in [0.05, 0.1) is 12.1 Å². The van der Waals surface area contributed by atoms with E-state index in [9.17, 15) is 8.78 Å². The summed E-state index contributed by atoms with van der Waals surface area (Å²) in [7, 11) is 4.07. The average molecular weight is 418 g/mol. The first-order chi connectivity index (χ1) is 13.5. The van der Waals surface area contributed by atoms with Crippen molar-refractivity contribution >= 4 is 42.5 Å². The highest BCUT2D eigenvalue weighted by Gasteiger charge is 2.21. The van der Waals surface area contributed by atoms with Crippen LogP contribution in [0.25, 0.3) is 16.6 Å². The maximum absolute atomic E-state index is 14.6.